The maximum Gasteiger partial charge on any atom is 0.259 e. The Kier molecular flexibility index (Phi) is 5.82. The van der Waals surface area contributed by atoms with E-state index < -0.39 is 23.8 Å². The third-order valence-corrected chi connectivity index (χ3v) is 5.51. The summed E-state index contributed by atoms with van der Waals surface area (Å²) in [6.07, 6.45) is 0.713. The van der Waals surface area contributed by atoms with Crippen molar-refractivity contribution < 1.29 is 18.4 Å². The van der Waals surface area contributed by atoms with Gasteiger partial charge in [0.2, 0.25) is 0 Å². The summed E-state index contributed by atoms with van der Waals surface area (Å²) in [6.45, 7) is 5.62. The summed E-state index contributed by atoms with van der Waals surface area (Å²) in [5.74, 6) is -1.45. The van der Waals surface area contributed by atoms with E-state index in [2.05, 4.69) is 20.5 Å². The van der Waals surface area contributed by atoms with Crippen LogP contribution >= 0.6 is 0 Å². The Balaban J connectivity index is 1.56. The highest BCUT2D eigenvalue weighted by Crippen LogP contribution is 2.35. The van der Waals surface area contributed by atoms with Crippen LogP contribution in [0, 0.1) is 18.7 Å². The predicted octanol–water partition coefficient (Wildman–Crippen LogP) is 4.09. The molecular formula is C23H23F2N5O2. The standard InChI is InChI=1S/C23H23F2N5O2/c1-12(2)30-11-26-29-22(30)19-5-4-6-21(27-19)28-23(32)16-8-14(13(3)7-17(16)24)9-20(31)15-10-18(15)25/h4-8,11-12,15,18H,9-10H2,1-3H3,(H,27,28,32)/t15?,18-/m0/s1. The molecule has 2 atom stereocenters. The molecule has 7 nitrogen and oxygen atoms in total. The van der Waals surface area contributed by atoms with Gasteiger partial charge in [0, 0.05) is 12.5 Å². The van der Waals surface area contributed by atoms with Gasteiger partial charge in [-0.05, 0) is 62.6 Å². The number of ketones is 1. The lowest BCUT2D eigenvalue weighted by molar-refractivity contribution is -0.120. The van der Waals surface area contributed by atoms with Crippen molar-refractivity contribution in [3.05, 3.63) is 59.2 Å². The number of carbonyl (C=O) groups excluding carboxylic acids is 2. The molecule has 166 valence electrons. The highest BCUT2D eigenvalue weighted by atomic mass is 19.1. The van der Waals surface area contributed by atoms with Crippen LogP contribution < -0.4 is 5.32 Å². The highest BCUT2D eigenvalue weighted by Gasteiger charge is 2.43. The Morgan fingerprint density at radius 2 is 2.03 bits per heavy atom. The molecular weight excluding hydrogens is 416 g/mol. The molecule has 1 amide bonds. The quantitative estimate of drug-likeness (QED) is 0.599. The van der Waals surface area contributed by atoms with E-state index in [1.165, 1.54) is 12.1 Å². The molecule has 1 N–H and O–H groups in total. The molecule has 0 radical (unpaired) electrons. The van der Waals surface area contributed by atoms with Gasteiger partial charge in [0.05, 0.1) is 11.5 Å². The number of halogens is 2. The molecule has 0 aliphatic heterocycles. The molecule has 1 aliphatic rings. The lowest BCUT2D eigenvalue weighted by atomic mass is 9.98. The number of rotatable bonds is 7. The second-order valence-corrected chi connectivity index (χ2v) is 8.28. The Bertz CT molecular complexity index is 1190. The minimum absolute atomic E-state index is 0.0317. The van der Waals surface area contributed by atoms with Crippen LogP contribution in [0.25, 0.3) is 11.5 Å². The van der Waals surface area contributed by atoms with E-state index in [0.29, 0.717) is 22.6 Å². The normalized spacial score (nSPS) is 17.4. The summed E-state index contributed by atoms with van der Waals surface area (Å²) in [4.78, 5) is 29.4. The minimum atomic E-state index is -1.09. The third kappa shape index (κ3) is 4.42. The van der Waals surface area contributed by atoms with Crippen LogP contribution in [0.1, 0.15) is 47.8 Å². The summed E-state index contributed by atoms with van der Waals surface area (Å²) in [5.41, 5.74) is 1.35. The molecule has 0 saturated heterocycles. The van der Waals surface area contributed by atoms with Crippen molar-refractivity contribution in [2.45, 2.75) is 45.8 Å². The van der Waals surface area contributed by atoms with E-state index in [9.17, 15) is 18.4 Å². The lowest BCUT2D eigenvalue weighted by Gasteiger charge is -2.12. The van der Waals surface area contributed by atoms with E-state index in [1.54, 1.807) is 31.5 Å². The van der Waals surface area contributed by atoms with Gasteiger partial charge in [-0.3, -0.25) is 9.59 Å². The minimum Gasteiger partial charge on any atom is -0.310 e. The van der Waals surface area contributed by atoms with Crippen LogP contribution in [0.5, 0.6) is 0 Å². The molecule has 2 heterocycles. The summed E-state index contributed by atoms with van der Waals surface area (Å²) < 4.78 is 29.6. The summed E-state index contributed by atoms with van der Waals surface area (Å²) in [6, 6.07) is 7.72. The molecule has 4 rings (SSSR count). The number of aryl methyl sites for hydroxylation is 1. The molecule has 32 heavy (non-hydrogen) atoms. The first-order valence-corrected chi connectivity index (χ1v) is 10.4. The Morgan fingerprint density at radius 3 is 2.72 bits per heavy atom. The number of nitrogens with one attached hydrogen (secondary N) is 1. The van der Waals surface area contributed by atoms with E-state index in [1.807, 2.05) is 18.4 Å². The maximum atomic E-state index is 14.6. The molecule has 1 fully saturated rings. The fourth-order valence-corrected chi connectivity index (χ4v) is 3.51. The van der Waals surface area contributed by atoms with Crippen LogP contribution in [0.2, 0.25) is 0 Å². The smallest absolute Gasteiger partial charge is 0.259 e. The zero-order valence-electron chi connectivity index (χ0n) is 18.0. The predicted molar refractivity (Wildman–Crippen MR) is 114 cm³/mol. The van der Waals surface area contributed by atoms with Crippen molar-refractivity contribution in [3.8, 4) is 11.5 Å². The third-order valence-electron chi connectivity index (χ3n) is 5.51. The number of pyridine rings is 1. The number of aromatic nitrogens is 4. The van der Waals surface area contributed by atoms with E-state index in [0.717, 1.165) is 0 Å². The number of amides is 1. The number of benzene rings is 1. The first kappa shape index (κ1) is 21.7. The summed E-state index contributed by atoms with van der Waals surface area (Å²) in [7, 11) is 0. The zero-order valence-corrected chi connectivity index (χ0v) is 18.0. The van der Waals surface area contributed by atoms with E-state index in [-0.39, 0.29) is 36.0 Å². The van der Waals surface area contributed by atoms with Gasteiger partial charge in [-0.25, -0.2) is 13.8 Å². The number of Topliss-reactive ketones (excluding diaryl/α,β-unsaturated/α-hetero) is 1. The van der Waals surface area contributed by atoms with Crippen LogP contribution in [0.4, 0.5) is 14.6 Å². The first-order chi connectivity index (χ1) is 15.2. The van der Waals surface area contributed by atoms with Crippen molar-refractivity contribution in [1.29, 1.82) is 0 Å². The molecule has 3 aromatic rings. The Labute approximate surface area is 183 Å². The number of carbonyl (C=O) groups is 2. The van der Waals surface area contributed by atoms with E-state index in [4.69, 9.17) is 0 Å². The number of hydrogen-bond donors (Lipinski definition) is 1. The van der Waals surface area contributed by atoms with Crippen molar-refractivity contribution in [1.82, 2.24) is 19.7 Å². The van der Waals surface area contributed by atoms with Gasteiger partial charge in [-0.2, -0.15) is 0 Å². The number of nitrogens with zero attached hydrogens (tertiary/aromatic N) is 4. The van der Waals surface area contributed by atoms with E-state index >= 15 is 0 Å². The molecule has 2 aromatic heterocycles. The molecule has 0 bridgehead atoms. The second kappa shape index (κ2) is 8.57. The van der Waals surface area contributed by atoms with Gasteiger partial charge in [0.15, 0.2) is 5.82 Å². The maximum absolute atomic E-state index is 14.6. The molecule has 1 aromatic carbocycles. The largest absolute Gasteiger partial charge is 0.310 e. The molecule has 1 aliphatic carbocycles. The molecule has 1 unspecified atom stereocenters. The Morgan fingerprint density at radius 1 is 1.28 bits per heavy atom. The molecule has 0 spiro atoms. The van der Waals surface area contributed by atoms with Crippen LogP contribution in [-0.2, 0) is 11.2 Å². The number of anilines is 1. The fourth-order valence-electron chi connectivity index (χ4n) is 3.51. The van der Waals surface area contributed by atoms with Gasteiger partial charge in [0.25, 0.3) is 5.91 Å². The summed E-state index contributed by atoms with van der Waals surface area (Å²) >= 11 is 0. The van der Waals surface area contributed by atoms with Crippen molar-refractivity contribution in [3.63, 3.8) is 0 Å². The number of hydrogen-bond acceptors (Lipinski definition) is 5. The highest BCUT2D eigenvalue weighted by molar-refractivity contribution is 6.04. The van der Waals surface area contributed by atoms with Gasteiger partial charge >= 0.3 is 0 Å². The number of alkyl halides is 1. The zero-order chi connectivity index (χ0) is 23.0. The molecule has 1 saturated carbocycles. The van der Waals surface area contributed by atoms with Crippen LogP contribution in [-0.4, -0.2) is 37.6 Å². The van der Waals surface area contributed by atoms with Crippen LogP contribution in [0.15, 0.2) is 36.7 Å². The van der Waals surface area contributed by atoms with Gasteiger partial charge in [-0.1, -0.05) is 6.07 Å². The lowest BCUT2D eigenvalue weighted by Crippen LogP contribution is -2.17. The topological polar surface area (TPSA) is 89.8 Å². The average molecular weight is 439 g/mol. The van der Waals surface area contributed by atoms with Crippen molar-refractivity contribution >= 4 is 17.5 Å². The monoisotopic (exact) mass is 439 g/mol. The van der Waals surface area contributed by atoms with Crippen molar-refractivity contribution in [2.24, 2.45) is 5.92 Å². The summed E-state index contributed by atoms with van der Waals surface area (Å²) in [5, 5.41) is 10.6. The van der Waals surface area contributed by atoms with Crippen molar-refractivity contribution in [2.75, 3.05) is 5.32 Å². The fraction of sp³-hybridized carbons (Fsp3) is 0.348. The second-order valence-electron chi connectivity index (χ2n) is 8.28. The molecule has 9 heteroatoms. The van der Waals surface area contributed by atoms with Gasteiger partial charge in [0.1, 0.15) is 35.6 Å². The van der Waals surface area contributed by atoms with Crippen LogP contribution in [0.3, 0.4) is 0 Å². The van der Waals surface area contributed by atoms with Gasteiger partial charge < -0.3 is 9.88 Å². The average Bonchev–Trinajstić information content (AvgIpc) is 3.27. The first-order valence-electron chi connectivity index (χ1n) is 10.4. The SMILES string of the molecule is Cc1cc(F)c(C(=O)Nc2cccc(-c3nncn3C(C)C)n2)cc1CC(=O)C1C[C@@H]1F. The Hall–Kier alpha value is -3.49. The van der Waals surface area contributed by atoms with Gasteiger partial charge in [-0.15, -0.1) is 10.2 Å².